The Kier molecular flexibility index (Phi) is 5.26. The second-order valence-electron chi connectivity index (χ2n) is 5.62. The van der Waals surface area contributed by atoms with E-state index in [0.717, 1.165) is 25.7 Å². The molecule has 2 rings (SSSR count). The van der Waals surface area contributed by atoms with Gasteiger partial charge in [-0.2, -0.15) is 0 Å². The second kappa shape index (κ2) is 6.95. The molecule has 1 aliphatic rings. The molecule has 1 N–H and O–H groups in total. The predicted molar refractivity (Wildman–Crippen MR) is 83.8 cm³/mol. The lowest BCUT2D eigenvalue weighted by atomic mass is 10.1. The van der Waals surface area contributed by atoms with Gasteiger partial charge in [-0.25, -0.2) is 0 Å². The summed E-state index contributed by atoms with van der Waals surface area (Å²) in [6.07, 6.45) is 5.54. The van der Waals surface area contributed by atoms with Crippen molar-refractivity contribution in [2.75, 3.05) is 18.0 Å². The highest BCUT2D eigenvalue weighted by atomic mass is 15.2. The van der Waals surface area contributed by atoms with Gasteiger partial charge in [0.25, 0.3) is 0 Å². The van der Waals surface area contributed by atoms with Crippen LogP contribution in [0.1, 0.15) is 50.7 Å². The molecule has 0 amide bonds. The van der Waals surface area contributed by atoms with E-state index in [4.69, 9.17) is 0 Å². The number of benzene rings is 1. The SMILES string of the molecule is CCNCc1ccc(N(CC)C2CCCC2)cc1C. The Labute approximate surface area is 118 Å². The molecule has 2 nitrogen and oxygen atoms in total. The van der Waals surface area contributed by atoms with E-state index in [0.29, 0.717) is 0 Å². The first kappa shape index (κ1) is 14.4. The van der Waals surface area contributed by atoms with E-state index < -0.39 is 0 Å². The third kappa shape index (κ3) is 3.50. The Hall–Kier alpha value is -1.02. The molecule has 0 bridgehead atoms. The minimum Gasteiger partial charge on any atom is -0.369 e. The summed E-state index contributed by atoms with van der Waals surface area (Å²) in [6.45, 7) is 9.81. The van der Waals surface area contributed by atoms with Crippen LogP contribution in [0.2, 0.25) is 0 Å². The quantitative estimate of drug-likeness (QED) is 0.835. The Morgan fingerprint density at radius 2 is 1.95 bits per heavy atom. The van der Waals surface area contributed by atoms with Crippen LogP contribution in [0.15, 0.2) is 18.2 Å². The number of aryl methyl sites for hydroxylation is 1. The van der Waals surface area contributed by atoms with Crippen LogP contribution in [0.4, 0.5) is 5.69 Å². The molecular formula is C17H28N2. The highest BCUT2D eigenvalue weighted by Gasteiger charge is 2.21. The fraction of sp³-hybridized carbons (Fsp3) is 0.647. The average molecular weight is 260 g/mol. The molecule has 0 heterocycles. The highest BCUT2D eigenvalue weighted by Crippen LogP contribution is 2.29. The summed E-state index contributed by atoms with van der Waals surface area (Å²) >= 11 is 0. The standard InChI is InChI=1S/C17H28N2/c1-4-18-13-15-10-11-17(12-14(15)3)19(5-2)16-8-6-7-9-16/h10-12,16,18H,4-9,13H2,1-3H3. The fourth-order valence-electron chi connectivity index (χ4n) is 3.18. The van der Waals surface area contributed by atoms with Crippen LogP contribution in [-0.4, -0.2) is 19.1 Å². The number of nitrogens with zero attached hydrogens (tertiary/aromatic N) is 1. The van der Waals surface area contributed by atoms with Gasteiger partial charge >= 0.3 is 0 Å². The molecule has 0 unspecified atom stereocenters. The third-order valence-corrected chi connectivity index (χ3v) is 4.33. The van der Waals surface area contributed by atoms with Crippen LogP contribution >= 0.6 is 0 Å². The zero-order valence-corrected chi connectivity index (χ0v) is 12.7. The van der Waals surface area contributed by atoms with Crippen molar-refractivity contribution in [2.24, 2.45) is 0 Å². The van der Waals surface area contributed by atoms with Crippen LogP contribution in [0.25, 0.3) is 0 Å². The van der Waals surface area contributed by atoms with Crippen molar-refractivity contribution in [3.63, 3.8) is 0 Å². The van der Waals surface area contributed by atoms with Crippen LogP contribution in [0.3, 0.4) is 0 Å². The molecular weight excluding hydrogens is 232 g/mol. The summed E-state index contributed by atoms with van der Waals surface area (Å²) in [6, 6.07) is 7.74. The van der Waals surface area contributed by atoms with E-state index in [1.807, 2.05) is 0 Å². The lowest BCUT2D eigenvalue weighted by molar-refractivity contribution is 0.619. The normalized spacial score (nSPS) is 15.9. The molecule has 0 saturated heterocycles. The second-order valence-corrected chi connectivity index (χ2v) is 5.62. The minimum atomic E-state index is 0.768. The summed E-state index contributed by atoms with van der Waals surface area (Å²) in [5.41, 5.74) is 4.25. The molecule has 1 fully saturated rings. The van der Waals surface area contributed by atoms with Crippen LogP contribution in [0.5, 0.6) is 0 Å². The first-order chi connectivity index (χ1) is 9.26. The van der Waals surface area contributed by atoms with Gasteiger partial charge < -0.3 is 10.2 Å². The number of hydrogen-bond acceptors (Lipinski definition) is 2. The first-order valence-electron chi connectivity index (χ1n) is 7.83. The minimum absolute atomic E-state index is 0.768. The van der Waals surface area contributed by atoms with Gasteiger partial charge in [0.15, 0.2) is 0 Å². The summed E-state index contributed by atoms with van der Waals surface area (Å²) < 4.78 is 0. The topological polar surface area (TPSA) is 15.3 Å². The predicted octanol–water partition coefficient (Wildman–Crippen LogP) is 3.87. The molecule has 106 valence electrons. The monoisotopic (exact) mass is 260 g/mol. The maximum atomic E-state index is 3.41. The Balaban J connectivity index is 2.12. The maximum Gasteiger partial charge on any atom is 0.0371 e. The summed E-state index contributed by atoms with van der Waals surface area (Å²) in [5.74, 6) is 0. The van der Waals surface area contributed by atoms with Gasteiger partial charge in [0.05, 0.1) is 0 Å². The maximum absolute atomic E-state index is 3.41. The van der Waals surface area contributed by atoms with Gasteiger partial charge in [0.2, 0.25) is 0 Å². The number of nitrogens with one attached hydrogen (secondary N) is 1. The molecule has 0 radical (unpaired) electrons. The van der Waals surface area contributed by atoms with E-state index in [1.54, 1.807) is 0 Å². The number of hydrogen-bond donors (Lipinski definition) is 1. The zero-order chi connectivity index (χ0) is 13.7. The molecule has 0 aliphatic heterocycles. The molecule has 19 heavy (non-hydrogen) atoms. The first-order valence-corrected chi connectivity index (χ1v) is 7.83. The van der Waals surface area contributed by atoms with Crippen molar-refractivity contribution in [1.29, 1.82) is 0 Å². The van der Waals surface area contributed by atoms with E-state index in [9.17, 15) is 0 Å². The number of anilines is 1. The van der Waals surface area contributed by atoms with Crippen LogP contribution in [-0.2, 0) is 6.54 Å². The van der Waals surface area contributed by atoms with Crippen molar-refractivity contribution < 1.29 is 0 Å². The summed E-state index contributed by atoms with van der Waals surface area (Å²) in [4.78, 5) is 2.59. The lowest BCUT2D eigenvalue weighted by Gasteiger charge is -2.30. The molecule has 2 heteroatoms. The lowest BCUT2D eigenvalue weighted by Crippen LogP contribution is -2.33. The smallest absolute Gasteiger partial charge is 0.0371 e. The van der Waals surface area contributed by atoms with Gasteiger partial charge in [-0.1, -0.05) is 25.8 Å². The fourth-order valence-corrected chi connectivity index (χ4v) is 3.18. The Morgan fingerprint density at radius 1 is 1.21 bits per heavy atom. The molecule has 1 aliphatic carbocycles. The van der Waals surface area contributed by atoms with Crippen molar-refractivity contribution >= 4 is 5.69 Å². The largest absolute Gasteiger partial charge is 0.369 e. The van der Waals surface area contributed by atoms with Gasteiger partial charge in [-0.05, 0) is 56.5 Å². The van der Waals surface area contributed by atoms with Crippen molar-refractivity contribution in [1.82, 2.24) is 5.32 Å². The molecule has 1 saturated carbocycles. The van der Waals surface area contributed by atoms with Gasteiger partial charge in [-0.15, -0.1) is 0 Å². The Morgan fingerprint density at radius 3 is 2.53 bits per heavy atom. The average Bonchev–Trinajstić information content (AvgIpc) is 2.92. The molecule has 1 aromatic carbocycles. The Bertz CT molecular complexity index is 394. The third-order valence-electron chi connectivity index (χ3n) is 4.33. The van der Waals surface area contributed by atoms with Crippen LogP contribution < -0.4 is 10.2 Å². The summed E-state index contributed by atoms with van der Waals surface area (Å²) in [5, 5.41) is 3.41. The molecule has 0 aromatic heterocycles. The molecule has 0 spiro atoms. The van der Waals surface area contributed by atoms with Crippen molar-refractivity contribution in [2.45, 2.75) is 59.0 Å². The van der Waals surface area contributed by atoms with Crippen molar-refractivity contribution in [3.05, 3.63) is 29.3 Å². The highest BCUT2D eigenvalue weighted by molar-refractivity contribution is 5.51. The van der Waals surface area contributed by atoms with E-state index in [2.05, 4.69) is 49.2 Å². The number of rotatable bonds is 6. The van der Waals surface area contributed by atoms with Crippen molar-refractivity contribution in [3.8, 4) is 0 Å². The van der Waals surface area contributed by atoms with E-state index in [-0.39, 0.29) is 0 Å². The van der Waals surface area contributed by atoms with Gasteiger partial charge in [0, 0.05) is 24.8 Å². The summed E-state index contributed by atoms with van der Waals surface area (Å²) in [7, 11) is 0. The van der Waals surface area contributed by atoms with Gasteiger partial charge in [-0.3, -0.25) is 0 Å². The molecule has 1 aromatic rings. The van der Waals surface area contributed by atoms with Gasteiger partial charge in [0.1, 0.15) is 0 Å². The van der Waals surface area contributed by atoms with E-state index in [1.165, 1.54) is 42.5 Å². The van der Waals surface area contributed by atoms with E-state index >= 15 is 0 Å². The molecule has 0 atom stereocenters. The van der Waals surface area contributed by atoms with Crippen LogP contribution in [0, 0.1) is 6.92 Å². The zero-order valence-electron chi connectivity index (χ0n) is 12.7.